The number of anilines is 1. The molecule has 0 fully saturated rings. The number of hydrogen-bond acceptors (Lipinski definition) is 4. The Balaban J connectivity index is 2.10. The molecule has 0 saturated heterocycles. The van der Waals surface area contributed by atoms with Crippen molar-refractivity contribution in [3.05, 3.63) is 47.7 Å². The highest BCUT2D eigenvalue weighted by molar-refractivity contribution is 5.70. The molecular formula is C14H14N2O3. The lowest BCUT2D eigenvalue weighted by Gasteiger charge is -2.07. The van der Waals surface area contributed by atoms with Crippen LogP contribution in [0.1, 0.15) is 11.3 Å². The first-order valence-corrected chi connectivity index (χ1v) is 5.76. The van der Waals surface area contributed by atoms with E-state index < -0.39 is 5.97 Å². The van der Waals surface area contributed by atoms with Crippen molar-refractivity contribution in [3.8, 4) is 11.6 Å². The van der Waals surface area contributed by atoms with E-state index in [0.717, 1.165) is 5.56 Å². The van der Waals surface area contributed by atoms with E-state index in [0.29, 0.717) is 23.0 Å². The summed E-state index contributed by atoms with van der Waals surface area (Å²) in [4.78, 5) is 14.8. The molecular weight excluding hydrogens is 244 g/mol. The number of pyridine rings is 1. The summed E-state index contributed by atoms with van der Waals surface area (Å²) in [5, 5.41) is 8.67. The quantitative estimate of drug-likeness (QED) is 0.879. The summed E-state index contributed by atoms with van der Waals surface area (Å²) in [6.07, 6.45) is -0.000487. The third-order valence-electron chi connectivity index (χ3n) is 2.60. The summed E-state index contributed by atoms with van der Waals surface area (Å²) in [5.74, 6) is 0.202. The SMILES string of the molecule is Cc1nc(Oc2ccc(CC(=O)O)cc2)ccc1N. The number of carboxylic acid groups (broad SMARTS) is 1. The standard InChI is InChI=1S/C14H14N2O3/c1-9-12(15)6-7-13(16-9)19-11-4-2-10(3-5-11)8-14(17)18/h2-7H,8,15H2,1H3,(H,17,18). The number of nitrogens with zero attached hydrogens (tertiary/aromatic N) is 1. The third kappa shape index (κ3) is 3.45. The Kier molecular flexibility index (Phi) is 3.66. The molecule has 2 aromatic rings. The summed E-state index contributed by atoms with van der Waals surface area (Å²) in [6, 6.07) is 10.3. The molecule has 0 aliphatic heterocycles. The molecule has 98 valence electrons. The molecule has 3 N–H and O–H groups in total. The topological polar surface area (TPSA) is 85.4 Å². The Hall–Kier alpha value is -2.56. The predicted octanol–water partition coefficient (Wildman–Crippen LogP) is 2.39. The lowest BCUT2D eigenvalue weighted by molar-refractivity contribution is -0.136. The molecule has 0 atom stereocenters. The van der Waals surface area contributed by atoms with Crippen LogP contribution in [0.2, 0.25) is 0 Å². The minimum Gasteiger partial charge on any atom is -0.481 e. The normalized spacial score (nSPS) is 10.2. The molecule has 19 heavy (non-hydrogen) atoms. The number of nitrogens with two attached hydrogens (primary N) is 1. The smallest absolute Gasteiger partial charge is 0.307 e. The number of aliphatic carboxylic acids is 1. The van der Waals surface area contributed by atoms with Gasteiger partial charge in [-0.05, 0) is 30.7 Å². The molecule has 2 rings (SSSR count). The molecule has 0 aliphatic carbocycles. The number of aryl methyl sites for hydroxylation is 1. The molecule has 0 radical (unpaired) electrons. The van der Waals surface area contributed by atoms with E-state index in [4.69, 9.17) is 15.6 Å². The van der Waals surface area contributed by atoms with E-state index in [1.807, 2.05) is 0 Å². The second-order valence-electron chi connectivity index (χ2n) is 4.14. The van der Waals surface area contributed by atoms with Crippen LogP contribution in [-0.2, 0) is 11.2 Å². The highest BCUT2D eigenvalue weighted by Gasteiger charge is 2.03. The van der Waals surface area contributed by atoms with Crippen molar-refractivity contribution >= 4 is 11.7 Å². The van der Waals surface area contributed by atoms with Gasteiger partial charge in [0.25, 0.3) is 0 Å². The van der Waals surface area contributed by atoms with Gasteiger partial charge in [0.05, 0.1) is 17.8 Å². The summed E-state index contributed by atoms with van der Waals surface area (Å²) in [7, 11) is 0. The van der Waals surface area contributed by atoms with Gasteiger partial charge in [0.2, 0.25) is 5.88 Å². The van der Waals surface area contributed by atoms with Gasteiger partial charge in [-0.2, -0.15) is 0 Å². The maximum atomic E-state index is 10.6. The average molecular weight is 258 g/mol. The second-order valence-corrected chi connectivity index (χ2v) is 4.14. The summed E-state index contributed by atoms with van der Waals surface area (Å²) in [5.41, 5.74) is 7.72. The van der Waals surface area contributed by atoms with Crippen LogP contribution in [0.4, 0.5) is 5.69 Å². The van der Waals surface area contributed by atoms with Crippen molar-refractivity contribution in [3.63, 3.8) is 0 Å². The van der Waals surface area contributed by atoms with Gasteiger partial charge in [0, 0.05) is 6.07 Å². The first-order chi connectivity index (χ1) is 9.04. The lowest BCUT2D eigenvalue weighted by atomic mass is 10.1. The number of aromatic nitrogens is 1. The average Bonchev–Trinajstić information content (AvgIpc) is 2.36. The molecule has 0 unspecified atom stereocenters. The first-order valence-electron chi connectivity index (χ1n) is 5.76. The van der Waals surface area contributed by atoms with Gasteiger partial charge in [-0.25, -0.2) is 4.98 Å². The Labute approximate surface area is 110 Å². The maximum Gasteiger partial charge on any atom is 0.307 e. The van der Waals surface area contributed by atoms with E-state index in [9.17, 15) is 4.79 Å². The fourth-order valence-electron chi connectivity index (χ4n) is 1.58. The molecule has 0 spiro atoms. The third-order valence-corrected chi connectivity index (χ3v) is 2.60. The van der Waals surface area contributed by atoms with Crippen molar-refractivity contribution in [2.45, 2.75) is 13.3 Å². The number of rotatable bonds is 4. The number of nitrogen functional groups attached to an aromatic ring is 1. The second kappa shape index (κ2) is 5.39. The maximum absolute atomic E-state index is 10.6. The van der Waals surface area contributed by atoms with Crippen molar-refractivity contribution in [2.24, 2.45) is 0 Å². The number of ether oxygens (including phenoxy) is 1. The molecule has 1 heterocycles. The highest BCUT2D eigenvalue weighted by Crippen LogP contribution is 2.22. The largest absolute Gasteiger partial charge is 0.481 e. The van der Waals surface area contributed by atoms with Gasteiger partial charge in [-0.1, -0.05) is 12.1 Å². The first kappa shape index (κ1) is 12.9. The monoisotopic (exact) mass is 258 g/mol. The summed E-state index contributed by atoms with van der Waals surface area (Å²) in [6.45, 7) is 1.80. The van der Waals surface area contributed by atoms with Gasteiger partial charge in [0.1, 0.15) is 5.75 Å². The van der Waals surface area contributed by atoms with Gasteiger partial charge in [-0.3, -0.25) is 4.79 Å². The molecule has 1 aromatic heterocycles. The summed E-state index contributed by atoms with van der Waals surface area (Å²) >= 11 is 0. The zero-order chi connectivity index (χ0) is 13.8. The zero-order valence-electron chi connectivity index (χ0n) is 10.5. The van der Waals surface area contributed by atoms with Gasteiger partial charge in [-0.15, -0.1) is 0 Å². The number of carbonyl (C=O) groups is 1. The minimum atomic E-state index is -0.857. The fraction of sp³-hybridized carbons (Fsp3) is 0.143. The van der Waals surface area contributed by atoms with Gasteiger partial charge < -0.3 is 15.6 Å². The van der Waals surface area contributed by atoms with Crippen LogP contribution >= 0.6 is 0 Å². The van der Waals surface area contributed by atoms with E-state index >= 15 is 0 Å². The molecule has 5 heteroatoms. The van der Waals surface area contributed by atoms with Crippen LogP contribution in [0.25, 0.3) is 0 Å². The number of benzene rings is 1. The van der Waals surface area contributed by atoms with Gasteiger partial charge in [0.15, 0.2) is 0 Å². The predicted molar refractivity (Wildman–Crippen MR) is 71.2 cm³/mol. The van der Waals surface area contributed by atoms with E-state index in [1.54, 1.807) is 43.3 Å². The van der Waals surface area contributed by atoms with Crippen LogP contribution < -0.4 is 10.5 Å². The van der Waals surface area contributed by atoms with Gasteiger partial charge >= 0.3 is 5.97 Å². The van der Waals surface area contributed by atoms with E-state index in [1.165, 1.54) is 0 Å². The molecule has 0 amide bonds. The highest BCUT2D eigenvalue weighted by atomic mass is 16.5. The zero-order valence-corrected chi connectivity index (χ0v) is 10.5. The fourth-order valence-corrected chi connectivity index (χ4v) is 1.58. The Morgan fingerprint density at radius 2 is 1.95 bits per heavy atom. The van der Waals surface area contributed by atoms with E-state index in [2.05, 4.69) is 4.98 Å². The molecule has 5 nitrogen and oxygen atoms in total. The minimum absolute atomic E-state index is 0.000487. The van der Waals surface area contributed by atoms with Crippen LogP contribution in [0.5, 0.6) is 11.6 Å². The van der Waals surface area contributed by atoms with Crippen LogP contribution in [0.15, 0.2) is 36.4 Å². The van der Waals surface area contributed by atoms with Crippen molar-refractivity contribution < 1.29 is 14.6 Å². The van der Waals surface area contributed by atoms with Crippen molar-refractivity contribution in [1.29, 1.82) is 0 Å². The van der Waals surface area contributed by atoms with Crippen LogP contribution in [-0.4, -0.2) is 16.1 Å². The van der Waals surface area contributed by atoms with E-state index in [-0.39, 0.29) is 6.42 Å². The Morgan fingerprint density at radius 3 is 2.53 bits per heavy atom. The lowest BCUT2D eigenvalue weighted by Crippen LogP contribution is -1.99. The molecule has 0 saturated carbocycles. The van der Waals surface area contributed by atoms with Crippen LogP contribution in [0.3, 0.4) is 0 Å². The number of hydrogen-bond donors (Lipinski definition) is 2. The Bertz CT molecular complexity index is 594. The molecule has 1 aromatic carbocycles. The molecule has 0 aliphatic rings. The van der Waals surface area contributed by atoms with Crippen molar-refractivity contribution in [2.75, 3.05) is 5.73 Å². The summed E-state index contributed by atoms with van der Waals surface area (Å²) < 4.78 is 5.56. The number of carboxylic acids is 1. The Morgan fingerprint density at radius 1 is 1.26 bits per heavy atom. The van der Waals surface area contributed by atoms with Crippen molar-refractivity contribution in [1.82, 2.24) is 4.98 Å². The molecule has 0 bridgehead atoms. The van der Waals surface area contributed by atoms with Crippen LogP contribution in [0, 0.1) is 6.92 Å².